The number of carbonyl (C=O) groups is 1. The van der Waals surface area contributed by atoms with Gasteiger partial charge in [0.1, 0.15) is 0 Å². The van der Waals surface area contributed by atoms with Gasteiger partial charge in [-0.1, -0.05) is 18.2 Å². The quantitative estimate of drug-likeness (QED) is 0.769. The molecule has 1 amide bonds. The van der Waals surface area contributed by atoms with Crippen molar-refractivity contribution >= 4 is 16.8 Å². The zero-order valence-corrected chi connectivity index (χ0v) is 13.2. The molecule has 0 N–H and O–H groups in total. The predicted molar refractivity (Wildman–Crippen MR) is 87.2 cm³/mol. The molecule has 1 fully saturated rings. The minimum atomic E-state index is 0.0663. The van der Waals surface area contributed by atoms with Crippen molar-refractivity contribution in [3.05, 3.63) is 41.6 Å². The zero-order valence-electron chi connectivity index (χ0n) is 13.2. The van der Waals surface area contributed by atoms with Crippen molar-refractivity contribution in [3.63, 3.8) is 0 Å². The van der Waals surface area contributed by atoms with E-state index in [4.69, 9.17) is 9.72 Å². The molecule has 0 spiro atoms. The average Bonchev–Trinajstić information content (AvgIpc) is 3.38. The van der Waals surface area contributed by atoms with E-state index < -0.39 is 0 Å². The van der Waals surface area contributed by atoms with Gasteiger partial charge in [-0.05, 0) is 31.4 Å². The van der Waals surface area contributed by atoms with Crippen molar-refractivity contribution in [2.45, 2.75) is 25.2 Å². The number of pyridine rings is 1. The number of aromatic nitrogens is 1. The van der Waals surface area contributed by atoms with Crippen LogP contribution in [0.2, 0.25) is 0 Å². The van der Waals surface area contributed by atoms with Crippen LogP contribution in [0.25, 0.3) is 10.9 Å². The maximum atomic E-state index is 12.8. The number of benzene rings is 1. The molecule has 1 saturated carbocycles. The summed E-state index contributed by atoms with van der Waals surface area (Å²) >= 11 is 0. The topological polar surface area (TPSA) is 42.4 Å². The number of fused-ring (bicyclic) bond motifs is 1. The largest absolute Gasteiger partial charge is 0.385 e. The highest BCUT2D eigenvalue weighted by Crippen LogP contribution is 2.40. The van der Waals surface area contributed by atoms with Gasteiger partial charge < -0.3 is 9.64 Å². The molecule has 0 bridgehead atoms. The lowest BCUT2D eigenvalue weighted by atomic mass is 10.0. The number of amides is 1. The lowest BCUT2D eigenvalue weighted by molar-refractivity contribution is 0.0781. The van der Waals surface area contributed by atoms with Crippen LogP contribution in [0.1, 0.15) is 41.2 Å². The molecule has 1 aliphatic rings. The van der Waals surface area contributed by atoms with Crippen LogP contribution in [-0.2, 0) is 4.74 Å². The third-order valence-corrected chi connectivity index (χ3v) is 4.15. The van der Waals surface area contributed by atoms with Gasteiger partial charge in [0.15, 0.2) is 0 Å². The average molecular weight is 298 g/mol. The maximum Gasteiger partial charge on any atom is 0.254 e. The summed E-state index contributed by atoms with van der Waals surface area (Å²) < 4.78 is 5.06. The minimum Gasteiger partial charge on any atom is -0.385 e. The fourth-order valence-corrected chi connectivity index (χ4v) is 2.71. The van der Waals surface area contributed by atoms with E-state index in [1.54, 1.807) is 12.0 Å². The smallest absolute Gasteiger partial charge is 0.254 e. The predicted octanol–water partition coefficient (Wildman–Crippen LogP) is 3.22. The third-order valence-electron chi connectivity index (χ3n) is 4.15. The van der Waals surface area contributed by atoms with Crippen LogP contribution in [-0.4, -0.2) is 43.1 Å². The molecule has 0 radical (unpaired) electrons. The molecule has 1 aromatic carbocycles. The Balaban J connectivity index is 1.92. The second-order valence-electron chi connectivity index (χ2n) is 5.96. The second-order valence-corrected chi connectivity index (χ2v) is 5.96. The van der Waals surface area contributed by atoms with Gasteiger partial charge in [0.05, 0.1) is 11.1 Å². The van der Waals surface area contributed by atoms with E-state index in [0.717, 1.165) is 28.6 Å². The van der Waals surface area contributed by atoms with Crippen molar-refractivity contribution < 1.29 is 9.53 Å². The van der Waals surface area contributed by atoms with Gasteiger partial charge >= 0.3 is 0 Å². The van der Waals surface area contributed by atoms with Crippen molar-refractivity contribution in [2.24, 2.45) is 0 Å². The molecule has 116 valence electrons. The van der Waals surface area contributed by atoms with Crippen LogP contribution in [0.5, 0.6) is 0 Å². The van der Waals surface area contributed by atoms with Crippen molar-refractivity contribution in [2.75, 3.05) is 27.3 Å². The highest BCUT2D eigenvalue weighted by molar-refractivity contribution is 6.06. The van der Waals surface area contributed by atoms with Gasteiger partial charge in [0.25, 0.3) is 5.91 Å². The molecular weight excluding hydrogens is 276 g/mol. The lowest BCUT2D eigenvalue weighted by Crippen LogP contribution is -2.28. The van der Waals surface area contributed by atoms with E-state index in [9.17, 15) is 4.79 Å². The number of ether oxygens (including phenoxy) is 1. The van der Waals surface area contributed by atoms with Gasteiger partial charge in [-0.15, -0.1) is 0 Å². The van der Waals surface area contributed by atoms with E-state index in [2.05, 4.69) is 0 Å². The molecule has 1 aliphatic carbocycles. The van der Waals surface area contributed by atoms with Gasteiger partial charge in [-0.3, -0.25) is 9.78 Å². The highest BCUT2D eigenvalue weighted by Gasteiger charge is 2.27. The first-order valence-corrected chi connectivity index (χ1v) is 7.85. The molecule has 1 heterocycles. The molecule has 2 aromatic rings. The van der Waals surface area contributed by atoms with E-state index in [1.807, 2.05) is 37.4 Å². The van der Waals surface area contributed by atoms with E-state index in [1.165, 1.54) is 12.8 Å². The molecule has 0 atom stereocenters. The number of rotatable bonds is 6. The summed E-state index contributed by atoms with van der Waals surface area (Å²) in [4.78, 5) is 19.3. The molecule has 1 aromatic heterocycles. The fraction of sp³-hybridized carbons (Fsp3) is 0.444. The van der Waals surface area contributed by atoms with Crippen LogP contribution >= 0.6 is 0 Å². The first kappa shape index (κ1) is 15.0. The summed E-state index contributed by atoms with van der Waals surface area (Å²) in [6.07, 6.45) is 3.21. The fourth-order valence-electron chi connectivity index (χ4n) is 2.71. The number of methoxy groups -OCH3 is 1. The van der Waals surface area contributed by atoms with E-state index in [0.29, 0.717) is 19.1 Å². The second kappa shape index (κ2) is 6.44. The first-order chi connectivity index (χ1) is 10.7. The van der Waals surface area contributed by atoms with Crippen LogP contribution < -0.4 is 0 Å². The monoisotopic (exact) mass is 298 g/mol. The molecule has 4 nitrogen and oxygen atoms in total. The van der Waals surface area contributed by atoms with Crippen LogP contribution in [0.4, 0.5) is 0 Å². The summed E-state index contributed by atoms with van der Waals surface area (Å²) in [5.41, 5.74) is 2.75. The molecule has 3 rings (SSSR count). The molecule has 22 heavy (non-hydrogen) atoms. The lowest BCUT2D eigenvalue weighted by Gasteiger charge is -2.18. The normalized spacial score (nSPS) is 14.3. The Labute approximate surface area is 131 Å². The van der Waals surface area contributed by atoms with Crippen molar-refractivity contribution in [3.8, 4) is 0 Å². The Kier molecular flexibility index (Phi) is 4.39. The van der Waals surface area contributed by atoms with Gasteiger partial charge in [-0.2, -0.15) is 0 Å². The number of para-hydroxylation sites is 1. The Morgan fingerprint density at radius 3 is 2.86 bits per heavy atom. The molecule has 0 aliphatic heterocycles. The Hall–Kier alpha value is -1.94. The van der Waals surface area contributed by atoms with Gasteiger partial charge in [0.2, 0.25) is 0 Å². The SMILES string of the molecule is COCCCN(C)C(=O)c1cc(C2CC2)nc2ccccc12. The Bertz CT molecular complexity index is 680. The Morgan fingerprint density at radius 1 is 1.36 bits per heavy atom. The molecule has 0 saturated heterocycles. The number of nitrogens with zero attached hydrogens (tertiary/aromatic N) is 2. The number of carbonyl (C=O) groups excluding carboxylic acids is 1. The third kappa shape index (κ3) is 3.12. The van der Waals surface area contributed by atoms with Crippen LogP contribution in [0, 0.1) is 0 Å². The van der Waals surface area contributed by atoms with E-state index in [-0.39, 0.29) is 5.91 Å². The van der Waals surface area contributed by atoms with Gasteiger partial charge in [-0.25, -0.2) is 0 Å². The molecule has 0 unspecified atom stereocenters. The number of hydrogen-bond donors (Lipinski definition) is 0. The van der Waals surface area contributed by atoms with Gasteiger partial charge in [0, 0.05) is 44.3 Å². The van der Waals surface area contributed by atoms with Crippen molar-refractivity contribution in [1.29, 1.82) is 0 Å². The summed E-state index contributed by atoms with van der Waals surface area (Å²) in [5.74, 6) is 0.603. The first-order valence-electron chi connectivity index (χ1n) is 7.85. The minimum absolute atomic E-state index is 0.0663. The zero-order chi connectivity index (χ0) is 15.5. The van der Waals surface area contributed by atoms with Crippen LogP contribution in [0.3, 0.4) is 0 Å². The summed E-state index contributed by atoms with van der Waals surface area (Å²) in [6, 6.07) is 9.90. The summed E-state index contributed by atoms with van der Waals surface area (Å²) in [5, 5.41) is 0.940. The summed E-state index contributed by atoms with van der Waals surface area (Å²) in [6.45, 7) is 1.37. The Morgan fingerprint density at radius 2 is 2.14 bits per heavy atom. The van der Waals surface area contributed by atoms with Crippen molar-refractivity contribution in [1.82, 2.24) is 9.88 Å². The molecular formula is C18H22N2O2. The maximum absolute atomic E-state index is 12.8. The van der Waals surface area contributed by atoms with Crippen LogP contribution in [0.15, 0.2) is 30.3 Å². The highest BCUT2D eigenvalue weighted by atomic mass is 16.5. The van der Waals surface area contributed by atoms with E-state index >= 15 is 0 Å². The standard InChI is InChI=1S/C18H22N2O2/c1-20(10-5-11-22-2)18(21)15-12-17(13-8-9-13)19-16-7-4-3-6-14(15)16/h3-4,6-7,12-13H,5,8-11H2,1-2H3. The molecule has 4 heteroatoms. The summed E-state index contributed by atoms with van der Waals surface area (Å²) in [7, 11) is 3.53. The number of hydrogen-bond acceptors (Lipinski definition) is 3.